The Morgan fingerprint density at radius 1 is 1.37 bits per heavy atom. The van der Waals surface area contributed by atoms with E-state index in [1.807, 2.05) is 20.8 Å². The molecule has 1 aromatic heterocycles. The molecule has 1 unspecified atom stereocenters. The van der Waals surface area contributed by atoms with Crippen LogP contribution in [0.25, 0.3) is 0 Å². The van der Waals surface area contributed by atoms with Crippen molar-refractivity contribution in [2.24, 2.45) is 5.41 Å². The third kappa shape index (κ3) is 5.46. The van der Waals surface area contributed by atoms with Crippen molar-refractivity contribution in [1.29, 1.82) is 0 Å². The van der Waals surface area contributed by atoms with Gasteiger partial charge >= 0.3 is 5.97 Å². The molecule has 0 aliphatic heterocycles. The standard InChI is InChI=1S/C13H19N3O3/c1-13(2,3)6-4-10(12(18)19)16-11(17)9-5-7-14-15-8-9/h5,7-8,10H,4,6H2,1-3H3,(H,16,17)(H,18,19). The number of carboxylic acids is 1. The fraction of sp³-hybridized carbons (Fsp3) is 0.538. The van der Waals surface area contributed by atoms with Crippen LogP contribution in [0.3, 0.4) is 0 Å². The molecule has 1 rings (SSSR count). The topological polar surface area (TPSA) is 92.2 Å². The monoisotopic (exact) mass is 265 g/mol. The van der Waals surface area contributed by atoms with Gasteiger partial charge in [-0.2, -0.15) is 10.2 Å². The molecule has 1 amide bonds. The highest BCUT2D eigenvalue weighted by Gasteiger charge is 2.23. The highest BCUT2D eigenvalue weighted by molar-refractivity contribution is 5.96. The van der Waals surface area contributed by atoms with Crippen LogP contribution in [-0.2, 0) is 4.79 Å². The third-order valence-corrected chi connectivity index (χ3v) is 2.63. The summed E-state index contributed by atoms with van der Waals surface area (Å²) >= 11 is 0. The molecule has 0 aliphatic carbocycles. The Balaban J connectivity index is 2.64. The molecule has 1 aromatic rings. The van der Waals surface area contributed by atoms with Crippen molar-refractivity contribution in [3.63, 3.8) is 0 Å². The van der Waals surface area contributed by atoms with Gasteiger partial charge in [-0.1, -0.05) is 20.8 Å². The number of carboxylic acid groups (broad SMARTS) is 1. The molecular weight excluding hydrogens is 246 g/mol. The van der Waals surface area contributed by atoms with Gasteiger partial charge < -0.3 is 10.4 Å². The van der Waals surface area contributed by atoms with E-state index in [4.69, 9.17) is 5.11 Å². The lowest BCUT2D eigenvalue weighted by molar-refractivity contribution is -0.139. The van der Waals surface area contributed by atoms with Crippen molar-refractivity contribution in [1.82, 2.24) is 15.5 Å². The number of hydrogen-bond donors (Lipinski definition) is 2. The minimum atomic E-state index is -1.03. The van der Waals surface area contributed by atoms with Crippen molar-refractivity contribution in [3.8, 4) is 0 Å². The lowest BCUT2D eigenvalue weighted by Gasteiger charge is -2.21. The predicted octanol–water partition coefficient (Wildman–Crippen LogP) is 1.49. The zero-order valence-electron chi connectivity index (χ0n) is 11.4. The van der Waals surface area contributed by atoms with Gasteiger partial charge in [0.2, 0.25) is 0 Å². The zero-order valence-corrected chi connectivity index (χ0v) is 11.4. The molecule has 1 atom stereocenters. The van der Waals surface area contributed by atoms with E-state index in [-0.39, 0.29) is 5.41 Å². The molecule has 6 nitrogen and oxygen atoms in total. The molecule has 0 fully saturated rings. The van der Waals surface area contributed by atoms with Gasteiger partial charge in [0.15, 0.2) is 0 Å². The Morgan fingerprint density at radius 3 is 2.53 bits per heavy atom. The fourth-order valence-corrected chi connectivity index (χ4v) is 1.50. The largest absolute Gasteiger partial charge is 0.480 e. The van der Waals surface area contributed by atoms with Crippen LogP contribution in [0.4, 0.5) is 0 Å². The van der Waals surface area contributed by atoms with Gasteiger partial charge in [-0.05, 0) is 24.3 Å². The first-order valence-corrected chi connectivity index (χ1v) is 6.10. The van der Waals surface area contributed by atoms with Gasteiger partial charge in [0.25, 0.3) is 5.91 Å². The van der Waals surface area contributed by atoms with Gasteiger partial charge in [0.1, 0.15) is 6.04 Å². The van der Waals surface area contributed by atoms with E-state index in [2.05, 4.69) is 15.5 Å². The first-order valence-electron chi connectivity index (χ1n) is 6.10. The highest BCUT2D eigenvalue weighted by atomic mass is 16.4. The number of rotatable bonds is 5. The number of aromatic nitrogens is 2. The minimum Gasteiger partial charge on any atom is -0.480 e. The van der Waals surface area contributed by atoms with E-state index >= 15 is 0 Å². The molecule has 0 aromatic carbocycles. The van der Waals surface area contributed by atoms with E-state index in [1.54, 1.807) is 0 Å². The Hall–Kier alpha value is -1.98. The van der Waals surface area contributed by atoms with E-state index in [9.17, 15) is 9.59 Å². The summed E-state index contributed by atoms with van der Waals surface area (Å²) in [7, 11) is 0. The maximum atomic E-state index is 11.8. The van der Waals surface area contributed by atoms with Crippen LogP contribution in [0, 0.1) is 5.41 Å². The quantitative estimate of drug-likeness (QED) is 0.841. The van der Waals surface area contributed by atoms with Crippen LogP contribution < -0.4 is 5.32 Å². The smallest absolute Gasteiger partial charge is 0.326 e. The molecule has 19 heavy (non-hydrogen) atoms. The number of aliphatic carboxylic acids is 1. The fourth-order valence-electron chi connectivity index (χ4n) is 1.50. The van der Waals surface area contributed by atoms with E-state index in [0.29, 0.717) is 18.4 Å². The minimum absolute atomic E-state index is 0.0245. The van der Waals surface area contributed by atoms with Crippen LogP contribution >= 0.6 is 0 Å². The Morgan fingerprint density at radius 2 is 2.05 bits per heavy atom. The SMILES string of the molecule is CC(C)(C)CCC(NC(=O)c1ccnnc1)C(=O)O. The van der Waals surface area contributed by atoms with Crippen molar-refractivity contribution < 1.29 is 14.7 Å². The van der Waals surface area contributed by atoms with E-state index < -0.39 is 17.9 Å². The maximum Gasteiger partial charge on any atom is 0.326 e. The van der Waals surface area contributed by atoms with Crippen LogP contribution in [-0.4, -0.2) is 33.2 Å². The molecule has 6 heteroatoms. The first kappa shape index (κ1) is 15.1. The molecule has 104 valence electrons. The summed E-state index contributed by atoms with van der Waals surface area (Å²) in [6.07, 6.45) is 3.79. The molecule has 1 heterocycles. The second-order valence-electron chi connectivity index (χ2n) is 5.59. The third-order valence-electron chi connectivity index (χ3n) is 2.63. The predicted molar refractivity (Wildman–Crippen MR) is 69.6 cm³/mol. The lowest BCUT2D eigenvalue weighted by Crippen LogP contribution is -2.41. The zero-order chi connectivity index (χ0) is 14.5. The summed E-state index contributed by atoms with van der Waals surface area (Å²) in [4.78, 5) is 23.0. The molecule has 0 bridgehead atoms. The highest BCUT2D eigenvalue weighted by Crippen LogP contribution is 2.21. The van der Waals surface area contributed by atoms with Gasteiger partial charge in [-0.25, -0.2) is 4.79 Å². The average Bonchev–Trinajstić information content (AvgIpc) is 2.33. The van der Waals surface area contributed by atoms with Crippen LogP contribution in [0.15, 0.2) is 18.5 Å². The molecule has 0 radical (unpaired) electrons. The lowest BCUT2D eigenvalue weighted by atomic mass is 9.88. The number of carbonyl (C=O) groups is 2. The summed E-state index contributed by atoms with van der Waals surface area (Å²) in [6.45, 7) is 6.08. The Bertz CT molecular complexity index is 440. The molecule has 0 aliphatic rings. The van der Waals surface area contributed by atoms with Gasteiger partial charge in [0.05, 0.1) is 18.0 Å². The Kier molecular flexibility index (Phi) is 4.97. The number of amides is 1. The maximum absolute atomic E-state index is 11.8. The van der Waals surface area contributed by atoms with Crippen molar-refractivity contribution in [3.05, 3.63) is 24.0 Å². The number of carbonyl (C=O) groups excluding carboxylic acids is 1. The van der Waals surface area contributed by atoms with Crippen molar-refractivity contribution >= 4 is 11.9 Å². The summed E-state index contributed by atoms with van der Waals surface area (Å²) in [5.74, 6) is -1.48. The van der Waals surface area contributed by atoms with Crippen molar-refractivity contribution in [2.45, 2.75) is 39.7 Å². The molecular formula is C13H19N3O3. The number of nitrogens with zero attached hydrogens (tertiary/aromatic N) is 2. The average molecular weight is 265 g/mol. The van der Waals surface area contributed by atoms with Gasteiger partial charge in [-0.3, -0.25) is 4.79 Å². The van der Waals surface area contributed by atoms with Gasteiger partial charge in [0, 0.05) is 0 Å². The van der Waals surface area contributed by atoms with E-state index in [1.165, 1.54) is 18.5 Å². The second kappa shape index (κ2) is 6.26. The molecule has 0 saturated carbocycles. The van der Waals surface area contributed by atoms with Gasteiger partial charge in [-0.15, -0.1) is 0 Å². The molecule has 0 saturated heterocycles. The van der Waals surface area contributed by atoms with Crippen LogP contribution in [0.5, 0.6) is 0 Å². The summed E-state index contributed by atoms with van der Waals surface area (Å²) < 4.78 is 0. The number of nitrogens with one attached hydrogen (secondary N) is 1. The summed E-state index contributed by atoms with van der Waals surface area (Å²) in [5.41, 5.74) is 0.327. The van der Waals surface area contributed by atoms with Crippen LogP contribution in [0.1, 0.15) is 44.0 Å². The van der Waals surface area contributed by atoms with E-state index in [0.717, 1.165) is 0 Å². The molecule has 2 N–H and O–H groups in total. The molecule has 0 spiro atoms. The Labute approximate surface area is 112 Å². The van der Waals surface area contributed by atoms with Crippen molar-refractivity contribution in [2.75, 3.05) is 0 Å². The van der Waals surface area contributed by atoms with Crippen LogP contribution in [0.2, 0.25) is 0 Å². The number of hydrogen-bond acceptors (Lipinski definition) is 4. The normalized spacial score (nSPS) is 12.8. The second-order valence-corrected chi connectivity index (χ2v) is 5.59. The summed E-state index contributed by atoms with van der Waals surface area (Å²) in [5, 5.41) is 18.8. The first-order chi connectivity index (χ1) is 8.79. The summed E-state index contributed by atoms with van der Waals surface area (Å²) in [6, 6.07) is 0.602.